The molecule has 0 saturated heterocycles. The Labute approximate surface area is 366 Å². The summed E-state index contributed by atoms with van der Waals surface area (Å²) in [6.45, 7) is 0. The molecule has 0 fully saturated rings. The van der Waals surface area contributed by atoms with Crippen molar-refractivity contribution in [2.75, 3.05) is 4.90 Å². The second-order valence-electron chi connectivity index (χ2n) is 16.0. The Morgan fingerprint density at radius 3 is 1.28 bits per heavy atom. The van der Waals surface area contributed by atoms with Gasteiger partial charge in [-0.15, -0.1) is 0 Å². The van der Waals surface area contributed by atoms with Crippen LogP contribution in [0.3, 0.4) is 0 Å². The number of benzene rings is 9. The number of nitrogens with zero attached hydrogens (tertiary/aromatic N) is 4. The van der Waals surface area contributed by atoms with E-state index >= 15 is 0 Å². The lowest BCUT2D eigenvalue weighted by atomic mass is 10.0. The fourth-order valence-corrected chi connectivity index (χ4v) is 9.08. The number of rotatable bonds is 7. The molecule has 0 aliphatic heterocycles. The second-order valence-corrected chi connectivity index (χ2v) is 16.0. The van der Waals surface area contributed by atoms with Gasteiger partial charge in [0.1, 0.15) is 33.5 Å². The molecule has 0 aliphatic carbocycles. The van der Waals surface area contributed by atoms with E-state index in [-0.39, 0.29) is 0 Å². The average Bonchev–Trinajstić information content (AvgIpc) is 4.05. The summed E-state index contributed by atoms with van der Waals surface area (Å²) >= 11 is 0. The van der Waals surface area contributed by atoms with Gasteiger partial charge in [0.05, 0.1) is 0 Å². The van der Waals surface area contributed by atoms with Crippen LogP contribution in [0.1, 0.15) is 0 Å². The Morgan fingerprint density at radius 2 is 0.688 bits per heavy atom. The van der Waals surface area contributed by atoms with Crippen molar-refractivity contribution in [2.45, 2.75) is 0 Å². The van der Waals surface area contributed by atoms with Gasteiger partial charge in [-0.1, -0.05) is 133 Å². The van der Waals surface area contributed by atoms with Gasteiger partial charge in [-0.2, -0.15) is 0 Å². The van der Waals surface area contributed by atoms with Crippen molar-refractivity contribution in [2.24, 2.45) is 0 Å². The van der Waals surface area contributed by atoms with E-state index in [9.17, 15) is 0 Å². The summed E-state index contributed by atoms with van der Waals surface area (Å²) in [5.74, 6) is 1.75. The molecule has 4 aromatic heterocycles. The molecule has 0 unspecified atom stereocenters. The van der Waals surface area contributed by atoms with E-state index in [1.807, 2.05) is 84.9 Å². The van der Waals surface area contributed by atoms with E-state index in [1.54, 1.807) is 0 Å². The van der Waals surface area contributed by atoms with Crippen molar-refractivity contribution in [1.82, 2.24) is 15.0 Å². The normalized spacial score (nSPS) is 11.8. The molecule has 0 spiro atoms. The van der Waals surface area contributed by atoms with Gasteiger partial charge in [-0.05, 0) is 65.7 Å². The predicted octanol–water partition coefficient (Wildman–Crippen LogP) is 15.7. The van der Waals surface area contributed by atoms with E-state index in [0.717, 1.165) is 111 Å². The van der Waals surface area contributed by atoms with Gasteiger partial charge in [0, 0.05) is 84.3 Å². The molecule has 4 heterocycles. The van der Waals surface area contributed by atoms with Gasteiger partial charge in [-0.3, -0.25) is 0 Å². The minimum Gasteiger partial charge on any atom is -0.456 e. The molecule has 9 aromatic carbocycles. The largest absolute Gasteiger partial charge is 0.456 e. The van der Waals surface area contributed by atoms with Crippen LogP contribution >= 0.6 is 0 Å². The van der Waals surface area contributed by atoms with E-state index in [0.29, 0.717) is 17.5 Å². The van der Waals surface area contributed by atoms with Crippen LogP contribution in [-0.2, 0) is 0 Å². The molecule has 0 aliphatic rings. The first-order valence-electron chi connectivity index (χ1n) is 21.2. The molecule has 0 N–H and O–H groups in total. The molecule has 13 aromatic rings. The van der Waals surface area contributed by atoms with Crippen molar-refractivity contribution >= 4 is 82.9 Å². The maximum absolute atomic E-state index is 6.75. The maximum atomic E-state index is 6.75. The number of para-hydroxylation sites is 2. The summed E-state index contributed by atoms with van der Waals surface area (Å²) in [4.78, 5) is 17.5. The Bertz CT molecular complexity index is 3790. The van der Waals surface area contributed by atoms with Crippen molar-refractivity contribution in [3.05, 3.63) is 206 Å². The minimum absolute atomic E-state index is 0.563. The van der Waals surface area contributed by atoms with Gasteiger partial charge in [0.15, 0.2) is 17.5 Å². The molecule has 0 saturated carbocycles. The summed E-state index contributed by atoms with van der Waals surface area (Å²) < 4.78 is 19.6. The quantitative estimate of drug-likeness (QED) is 0.158. The van der Waals surface area contributed by atoms with Gasteiger partial charge >= 0.3 is 0 Å². The van der Waals surface area contributed by atoms with Crippen molar-refractivity contribution in [1.29, 1.82) is 0 Å². The van der Waals surface area contributed by atoms with Crippen molar-refractivity contribution in [3.8, 4) is 45.3 Å². The summed E-state index contributed by atoms with van der Waals surface area (Å²) in [7, 11) is 0. The standard InChI is InChI=1S/C57H34N4O3/c1-3-12-35(13-4-1)36-22-24-38(25-23-36)56-58-55(37-14-5-2-6-15-37)59-57(60-56)47-18-11-21-50-54(47)46-31-28-41(34-53(46)64-50)61(39-26-29-44-42-16-7-9-19-48(42)62-51(44)32-39)40-27-30-45-43-17-8-10-20-49(43)63-52(45)33-40/h1-34H. The average molecular weight is 823 g/mol. The molecule has 64 heavy (non-hydrogen) atoms. The zero-order chi connectivity index (χ0) is 42.1. The van der Waals surface area contributed by atoms with Crippen molar-refractivity contribution < 1.29 is 13.3 Å². The molecule has 0 radical (unpaired) electrons. The van der Waals surface area contributed by atoms with Crippen LogP contribution in [0.25, 0.3) is 111 Å². The summed E-state index contributed by atoms with van der Waals surface area (Å²) in [5, 5.41) is 6.17. The predicted molar refractivity (Wildman–Crippen MR) is 258 cm³/mol. The SMILES string of the molecule is c1ccc(-c2ccc(-c3nc(-c4ccccc4)nc(-c4cccc5oc6cc(N(c7ccc8c(c7)oc7ccccc78)c7ccc8c(c7)oc7ccccc78)ccc6c45)n3)cc2)cc1. The third kappa shape index (κ3) is 5.94. The number of hydrogen-bond donors (Lipinski definition) is 0. The Hall–Kier alpha value is -8.81. The smallest absolute Gasteiger partial charge is 0.164 e. The lowest BCUT2D eigenvalue weighted by Crippen LogP contribution is -2.09. The number of hydrogen-bond acceptors (Lipinski definition) is 7. The van der Waals surface area contributed by atoms with Gasteiger partial charge in [-0.25, -0.2) is 15.0 Å². The van der Waals surface area contributed by atoms with Crippen LogP contribution < -0.4 is 4.90 Å². The molecular formula is C57H34N4O3. The number of aromatic nitrogens is 3. The number of fused-ring (bicyclic) bond motifs is 9. The summed E-state index contributed by atoms with van der Waals surface area (Å²) in [6, 6.07) is 70.3. The first-order valence-corrected chi connectivity index (χ1v) is 21.2. The van der Waals surface area contributed by atoms with Crippen LogP contribution in [0.5, 0.6) is 0 Å². The Balaban J connectivity index is 0.963. The third-order valence-electron chi connectivity index (χ3n) is 12.1. The van der Waals surface area contributed by atoms with Crippen LogP contribution in [0.2, 0.25) is 0 Å². The monoisotopic (exact) mass is 822 g/mol. The van der Waals surface area contributed by atoms with Crippen LogP contribution in [0.4, 0.5) is 17.1 Å². The fraction of sp³-hybridized carbons (Fsp3) is 0. The lowest BCUT2D eigenvalue weighted by Gasteiger charge is -2.25. The molecule has 0 atom stereocenters. The third-order valence-corrected chi connectivity index (χ3v) is 12.1. The second kappa shape index (κ2) is 14.4. The molecule has 7 heteroatoms. The lowest BCUT2D eigenvalue weighted by molar-refractivity contribution is 0.669. The summed E-state index contributed by atoms with van der Waals surface area (Å²) in [5.41, 5.74) is 12.5. The van der Waals surface area contributed by atoms with Crippen LogP contribution in [0, 0.1) is 0 Å². The highest BCUT2D eigenvalue weighted by Gasteiger charge is 2.22. The maximum Gasteiger partial charge on any atom is 0.164 e. The van der Waals surface area contributed by atoms with E-state index in [1.165, 1.54) is 0 Å². The topological polar surface area (TPSA) is 81.3 Å². The molecule has 7 nitrogen and oxygen atoms in total. The van der Waals surface area contributed by atoms with Gasteiger partial charge < -0.3 is 18.2 Å². The zero-order valence-electron chi connectivity index (χ0n) is 34.1. The van der Waals surface area contributed by atoms with Gasteiger partial charge in [0.2, 0.25) is 0 Å². The van der Waals surface area contributed by atoms with Crippen LogP contribution in [0.15, 0.2) is 220 Å². The minimum atomic E-state index is 0.563. The van der Waals surface area contributed by atoms with Crippen LogP contribution in [-0.4, -0.2) is 15.0 Å². The Morgan fingerprint density at radius 1 is 0.281 bits per heavy atom. The van der Waals surface area contributed by atoms with E-state index in [2.05, 4.69) is 126 Å². The molecule has 0 bridgehead atoms. The zero-order valence-corrected chi connectivity index (χ0v) is 34.1. The summed E-state index contributed by atoms with van der Waals surface area (Å²) in [6.07, 6.45) is 0. The number of anilines is 3. The first kappa shape index (κ1) is 35.9. The Kier molecular flexibility index (Phi) is 8.08. The number of furan rings is 3. The molecule has 0 amide bonds. The van der Waals surface area contributed by atoms with E-state index in [4.69, 9.17) is 28.2 Å². The van der Waals surface area contributed by atoms with Gasteiger partial charge in [0.25, 0.3) is 0 Å². The molecule has 300 valence electrons. The highest BCUT2D eigenvalue weighted by atomic mass is 16.3. The van der Waals surface area contributed by atoms with E-state index < -0.39 is 0 Å². The molecular weight excluding hydrogens is 789 g/mol. The highest BCUT2D eigenvalue weighted by Crippen LogP contribution is 2.44. The first-order chi connectivity index (χ1) is 31.7. The molecule has 13 rings (SSSR count). The van der Waals surface area contributed by atoms with Crippen molar-refractivity contribution in [3.63, 3.8) is 0 Å². The highest BCUT2D eigenvalue weighted by molar-refractivity contribution is 6.13. The fourth-order valence-electron chi connectivity index (χ4n) is 9.08.